The van der Waals surface area contributed by atoms with Crippen LogP contribution in [0.5, 0.6) is 0 Å². The lowest BCUT2D eigenvalue weighted by Gasteiger charge is -2.05. The van der Waals surface area contributed by atoms with Crippen LogP contribution >= 0.6 is 118 Å². The molecular weight excluding hydrogens is 601 g/mol. The van der Waals surface area contributed by atoms with Crippen LogP contribution in [0.4, 0.5) is 0 Å². The molecule has 0 saturated carbocycles. The molecule has 0 atom stereocenters. The summed E-state index contributed by atoms with van der Waals surface area (Å²) in [5.41, 5.74) is 0. The first-order valence-corrected chi connectivity index (χ1v) is 17.5. The monoisotopic (exact) mass is 614 g/mol. The molecule has 0 aliphatic carbocycles. The second kappa shape index (κ2) is 11.7. The van der Waals surface area contributed by atoms with Crippen molar-refractivity contribution in [2.45, 2.75) is 0 Å². The first-order valence-electron chi connectivity index (χ1n) is 8.53. The third kappa shape index (κ3) is 5.65. The molecule has 14 heteroatoms. The largest absolute Gasteiger partial charge is 0.465 e. The highest BCUT2D eigenvalue weighted by Gasteiger charge is 2.38. The summed E-state index contributed by atoms with van der Waals surface area (Å²) < 4.78 is 19.5. The fourth-order valence-electron chi connectivity index (χ4n) is 2.33. The van der Waals surface area contributed by atoms with Crippen LogP contribution in [0.3, 0.4) is 0 Å². The predicted octanol–water partition coefficient (Wildman–Crippen LogP) is 8.25. The lowest BCUT2D eigenvalue weighted by molar-refractivity contribution is -0.138. The Labute approximate surface area is 229 Å². The average molecular weight is 615 g/mol. The summed E-state index contributed by atoms with van der Waals surface area (Å²) in [6, 6.07) is 0. The van der Waals surface area contributed by atoms with Crippen LogP contribution in [-0.4, -0.2) is 38.7 Å². The second-order valence-electron chi connectivity index (χ2n) is 5.56. The van der Waals surface area contributed by atoms with E-state index in [0.717, 1.165) is 8.47 Å². The van der Waals surface area contributed by atoms with E-state index in [0.29, 0.717) is 9.81 Å². The number of carbonyl (C=O) groups is 2. The lowest BCUT2D eigenvalue weighted by Crippen LogP contribution is -2.08. The lowest BCUT2D eigenvalue weighted by atomic mass is 10.5. The van der Waals surface area contributed by atoms with Gasteiger partial charge in [-0.25, -0.2) is 9.59 Å². The zero-order valence-electron chi connectivity index (χ0n) is 16.9. The molecule has 4 nitrogen and oxygen atoms in total. The molecule has 0 aromatic rings. The number of allylic oxidation sites excluding steroid dienone is 2. The highest BCUT2D eigenvalue weighted by atomic mass is 32.3. The average Bonchev–Trinajstić information content (AvgIpc) is 3.57. The Morgan fingerprint density at radius 2 is 1.00 bits per heavy atom. The van der Waals surface area contributed by atoms with Gasteiger partial charge in [0, 0.05) is 0 Å². The van der Waals surface area contributed by atoms with E-state index in [1.165, 1.54) is 63.2 Å². The number of hydrogen-bond acceptors (Lipinski definition) is 14. The van der Waals surface area contributed by atoms with Gasteiger partial charge in [-0.2, -0.15) is 0 Å². The number of hydrogen-bond donors (Lipinski definition) is 0. The van der Waals surface area contributed by atoms with E-state index in [9.17, 15) is 9.59 Å². The van der Waals surface area contributed by atoms with Gasteiger partial charge >= 0.3 is 11.9 Å². The zero-order valence-corrected chi connectivity index (χ0v) is 25.0. The van der Waals surface area contributed by atoms with Crippen LogP contribution in [0, 0.1) is 0 Å². The zero-order chi connectivity index (χ0) is 22.8. The fraction of sp³-hybridized carbons (Fsp3) is 0.222. The van der Waals surface area contributed by atoms with Crippen LogP contribution < -0.4 is 0 Å². The normalized spacial score (nSPS) is 20.6. The Morgan fingerprint density at radius 1 is 0.625 bits per heavy atom. The maximum absolute atomic E-state index is 12.1. The third-order valence-electron chi connectivity index (χ3n) is 3.71. The van der Waals surface area contributed by atoms with E-state index in [4.69, 9.17) is 9.47 Å². The summed E-state index contributed by atoms with van der Waals surface area (Å²) in [5, 5.41) is 0. The van der Waals surface area contributed by atoms with E-state index in [1.807, 2.05) is 23.5 Å². The Kier molecular flexibility index (Phi) is 9.53. The van der Waals surface area contributed by atoms with Crippen molar-refractivity contribution in [1.29, 1.82) is 0 Å². The molecule has 0 radical (unpaired) electrons. The van der Waals surface area contributed by atoms with Crippen molar-refractivity contribution >= 4 is 130 Å². The molecule has 0 fully saturated rings. The number of carbonyl (C=O) groups excluding carboxylic acids is 2. The van der Waals surface area contributed by atoms with Crippen LogP contribution in [0.1, 0.15) is 0 Å². The van der Waals surface area contributed by atoms with Gasteiger partial charge < -0.3 is 9.47 Å². The molecule has 0 spiro atoms. The summed E-state index contributed by atoms with van der Waals surface area (Å²) in [5.74, 6) is -1.03. The molecule has 0 unspecified atom stereocenters. The Balaban J connectivity index is 1.40. The van der Waals surface area contributed by atoms with Gasteiger partial charge in [0.2, 0.25) is 0 Å². The molecule has 4 aliphatic rings. The summed E-state index contributed by atoms with van der Waals surface area (Å²) in [6.07, 6.45) is 8.65. The first kappa shape index (κ1) is 26.0. The van der Waals surface area contributed by atoms with E-state index in [2.05, 4.69) is 24.7 Å². The maximum atomic E-state index is 12.1. The van der Waals surface area contributed by atoms with E-state index >= 15 is 0 Å². The minimum atomic E-state index is -0.514. The Bertz CT molecular complexity index is 996. The number of methoxy groups -OCH3 is 2. The third-order valence-corrected chi connectivity index (χ3v) is 17.4. The number of esters is 2. The van der Waals surface area contributed by atoms with E-state index in [1.54, 1.807) is 70.6 Å². The van der Waals surface area contributed by atoms with Crippen molar-refractivity contribution in [3.05, 3.63) is 55.9 Å². The molecule has 0 aromatic carbocycles. The second-order valence-corrected chi connectivity index (χ2v) is 17.6. The highest BCUT2D eigenvalue weighted by Crippen LogP contribution is 2.69. The quantitative estimate of drug-likeness (QED) is 0.279. The van der Waals surface area contributed by atoms with Crippen LogP contribution in [-0.2, 0) is 19.1 Å². The number of ether oxygens (including phenoxy) is 2. The summed E-state index contributed by atoms with van der Waals surface area (Å²) in [4.78, 5) is 24.8. The fourth-order valence-corrected chi connectivity index (χ4v) is 16.1. The van der Waals surface area contributed by atoms with Crippen LogP contribution in [0.2, 0.25) is 0 Å². The van der Waals surface area contributed by atoms with E-state index < -0.39 is 11.9 Å². The van der Waals surface area contributed by atoms with Crippen molar-refractivity contribution in [3.63, 3.8) is 0 Å². The summed E-state index contributed by atoms with van der Waals surface area (Å²) in [6.45, 7) is 0. The maximum Gasteiger partial charge on any atom is 0.346 e. The molecular formula is C18H14O4S10. The van der Waals surface area contributed by atoms with Crippen molar-refractivity contribution in [1.82, 2.24) is 0 Å². The van der Waals surface area contributed by atoms with Crippen molar-refractivity contribution < 1.29 is 19.1 Å². The van der Waals surface area contributed by atoms with Gasteiger partial charge in [-0.1, -0.05) is 94.1 Å². The molecule has 0 amide bonds. The predicted molar refractivity (Wildman–Crippen MR) is 156 cm³/mol. The minimum absolute atomic E-state index is 0.294. The SMILES string of the molecule is COC(=O)C1=C(C(=O)OC)SC(=C2SC3=C(SC(=CC=C4SC(SC)=C(SC)S4)S3)S2)S1. The van der Waals surface area contributed by atoms with Crippen LogP contribution in [0.15, 0.2) is 55.9 Å². The molecule has 0 bridgehead atoms. The minimum Gasteiger partial charge on any atom is -0.465 e. The molecule has 4 rings (SSSR count). The Hall–Kier alpha value is 0.880. The molecule has 0 saturated heterocycles. The van der Waals surface area contributed by atoms with Crippen molar-refractivity contribution in [3.8, 4) is 0 Å². The highest BCUT2D eigenvalue weighted by molar-refractivity contribution is 8.49. The van der Waals surface area contributed by atoms with Gasteiger partial charge in [-0.05, 0) is 24.7 Å². The molecule has 0 N–H and O–H groups in total. The standard InChI is InChI=1S/C18H14O4S10/c1-21-11(19)9-10(12(20)22-2)30-17(29-9)18-31-15-16(32-18)28-8(27-15)6-5-7-25-13(23-3)14(24-4)26-7/h5-6H,1-4H3. The molecule has 170 valence electrons. The smallest absolute Gasteiger partial charge is 0.346 e. The molecule has 32 heavy (non-hydrogen) atoms. The molecule has 0 aromatic heterocycles. The Morgan fingerprint density at radius 3 is 1.41 bits per heavy atom. The number of rotatable bonds is 5. The van der Waals surface area contributed by atoms with Gasteiger partial charge in [0.25, 0.3) is 0 Å². The van der Waals surface area contributed by atoms with Gasteiger partial charge in [0.05, 0.1) is 48.1 Å². The van der Waals surface area contributed by atoms with Crippen molar-refractivity contribution in [2.24, 2.45) is 0 Å². The van der Waals surface area contributed by atoms with E-state index in [-0.39, 0.29) is 0 Å². The van der Waals surface area contributed by atoms with Crippen molar-refractivity contribution in [2.75, 3.05) is 26.7 Å². The molecule has 4 aliphatic heterocycles. The molecule has 4 heterocycles. The van der Waals surface area contributed by atoms with Crippen LogP contribution in [0.25, 0.3) is 0 Å². The first-order chi connectivity index (χ1) is 15.5. The van der Waals surface area contributed by atoms with Gasteiger partial charge in [0.1, 0.15) is 9.81 Å². The van der Waals surface area contributed by atoms with Gasteiger partial charge in [-0.3, -0.25) is 0 Å². The summed E-state index contributed by atoms with van der Waals surface area (Å²) in [7, 11) is 2.63. The van der Waals surface area contributed by atoms with Gasteiger partial charge in [0.15, 0.2) is 0 Å². The topological polar surface area (TPSA) is 52.6 Å². The number of thioether (sulfide) groups is 10. The summed E-state index contributed by atoms with van der Waals surface area (Å²) >= 11 is 16.8. The van der Waals surface area contributed by atoms with Gasteiger partial charge in [-0.15, -0.1) is 23.5 Å².